The Morgan fingerprint density at radius 2 is 1.94 bits per heavy atom. The summed E-state index contributed by atoms with van der Waals surface area (Å²) in [6, 6.07) is 16.1. The molecule has 3 aromatic rings. The van der Waals surface area contributed by atoms with E-state index in [4.69, 9.17) is 14.2 Å². The van der Waals surface area contributed by atoms with Crippen LogP contribution in [-0.2, 0) is 0 Å². The lowest BCUT2D eigenvalue weighted by Crippen LogP contribution is -2.34. The predicted octanol–water partition coefficient (Wildman–Crippen LogP) is 4.21. The van der Waals surface area contributed by atoms with Gasteiger partial charge in [-0.25, -0.2) is 4.39 Å². The maximum absolute atomic E-state index is 13.3. The second-order valence-electron chi connectivity index (χ2n) is 6.74. The molecule has 0 bridgehead atoms. The highest BCUT2D eigenvalue weighted by molar-refractivity contribution is 6.04. The molecule has 0 radical (unpaired) electrons. The number of halogens is 1. The van der Waals surface area contributed by atoms with E-state index in [0.29, 0.717) is 28.5 Å². The number of rotatable bonds is 6. The summed E-state index contributed by atoms with van der Waals surface area (Å²) in [7, 11) is 0. The first kappa shape index (κ1) is 20.1. The van der Waals surface area contributed by atoms with Crippen LogP contribution in [0.15, 0.2) is 66.7 Å². The smallest absolute Gasteiger partial charge is 0.269 e. The van der Waals surface area contributed by atoms with Crippen molar-refractivity contribution in [3.8, 4) is 17.2 Å². The van der Waals surface area contributed by atoms with E-state index >= 15 is 0 Å². The maximum Gasteiger partial charge on any atom is 0.269 e. The summed E-state index contributed by atoms with van der Waals surface area (Å²) < 4.78 is 30.3. The standard InChI is InChI=1S/C22H17FN2O6/c23-15-2-1-3-18(11-15)29-12-19-13-30-20-9-4-14(10-21(20)31-19)22(26)24-16-5-7-17(8-6-16)25(27)28/h1-11,19H,12-13H2,(H,24,26). The molecule has 1 heterocycles. The van der Waals surface area contributed by atoms with E-state index in [1.807, 2.05) is 0 Å². The number of nitro groups is 1. The van der Waals surface area contributed by atoms with Crippen LogP contribution >= 0.6 is 0 Å². The van der Waals surface area contributed by atoms with Gasteiger partial charge in [0.1, 0.15) is 24.8 Å². The van der Waals surface area contributed by atoms with Crippen LogP contribution in [-0.4, -0.2) is 30.1 Å². The number of nitro benzene ring substituents is 1. The molecule has 0 fully saturated rings. The number of amides is 1. The van der Waals surface area contributed by atoms with Gasteiger partial charge in [0.2, 0.25) is 0 Å². The van der Waals surface area contributed by atoms with E-state index < -0.39 is 22.8 Å². The number of hydrogen-bond donors (Lipinski definition) is 1. The van der Waals surface area contributed by atoms with Crippen LogP contribution in [0.25, 0.3) is 0 Å². The number of nitrogens with zero attached hydrogens (tertiary/aromatic N) is 1. The summed E-state index contributed by atoms with van der Waals surface area (Å²) in [4.78, 5) is 22.8. The number of benzene rings is 3. The van der Waals surface area contributed by atoms with E-state index in [1.54, 1.807) is 30.3 Å². The highest BCUT2D eigenvalue weighted by Gasteiger charge is 2.23. The predicted molar refractivity (Wildman–Crippen MR) is 109 cm³/mol. The van der Waals surface area contributed by atoms with E-state index in [2.05, 4.69) is 5.32 Å². The van der Waals surface area contributed by atoms with Gasteiger partial charge in [-0.1, -0.05) is 6.07 Å². The van der Waals surface area contributed by atoms with Crippen molar-refractivity contribution in [2.24, 2.45) is 0 Å². The first-order valence-corrected chi connectivity index (χ1v) is 9.35. The van der Waals surface area contributed by atoms with Gasteiger partial charge < -0.3 is 19.5 Å². The van der Waals surface area contributed by atoms with Crippen molar-refractivity contribution in [3.05, 3.63) is 88.2 Å². The topological polar surface area (TPSA) is 99.9 Å². The van der Waals surface area contributed by atoms with Crippen molar-refractivity contribution in [1.29, 1.82) is 0 Å². The van der Waals surface area contributed by atoms with Gasteiger partial charge in [-0.2, -0.15) is 0 Å². The molecule has 0 aromatic heterocycles. The molecule has 4 rings (SSSR count). The minimum atomic E-state index is -0.513. The summed E-state index contributed by atoms with van der Waals surface area (Å²) in [6.07, 6.45) is -0.441. The fourth-order valence-corrected chi connectivity index (χ4v) is 2.95. The number of non-ortho nitro benzene ring substituents is 1. The Morgan fingerprint density at radius 3 is 2.68 bits per heavy atom. The summed E-state index contributed by atoms with van der Waals surface area (Å²) in [6.45, 7) is 0.388. The Morgan fingerprint density at radius 1 is 1.13 bits per heavy atom. The number of nitrogens with one attached hydrogen (secondary N) is 1. The lowest BCUT2D eigenvalue weighted by molar-refractivity contribution is -0.384. The molecule has 158 valence electrons. The number of ether oxygens (including phenoxy) is 3. The molecule has 1 N–H and O–H groups in total. The molecule has 0 aliphatic carbocycles. The molecule has 0 spiro atoms. The molecule has 8 nitrogen and oxygen atoms in total. The van der Waals surface area contributed by atoms with Gasteiger partial charge in [0.25, 0.3) is 11.6 Å². The Kier molecular flexibility index (Phi) is 5.65. The first-order valence-electron chi connectivity index (χ1n) is 9.35. The largest absolute Gasteiger partial charge is 0.489 e. The quantitative estimate of drug-likeness (QED) is 0.470. The zero-order valence-electron chi connectivity index (χ0n) is 16.1. The van der Waals surface area contributed by atoms with Crippen molar-refractivity contribution in [2.75, 3.05) is 18.5 Å². The first-order chi connectivity index (χ1) is 15.0. The summed E-state index contributed by atoms with van der Waals surface area (Å²) in [5, 5.41) is 13.4. The highest BCUT2D eigenvalue weighted by Crippen LogP contribution is 2.33. The van der Waals surface area contributed by atoms with E-state index in [-0.39, 0.29) is 18.9 Å². The molecule has 1 aliphatic heterocycles. The molecule has 1 unspecified atom stereocenters. The van der Waals surface area contributed by atoms with Crippen molar-refractivity contribution < 1.29 is 28.3 Å². The molecule has 31 heavy (non-hydrogen) atoms. The minimum absolute atomic E-state index is 0.0659. The van der Waals surface area contributed by atoms with Gasteiger partial charge in [0.15, 0.2) is 17.6 Å². The van der Waals surface area contributed by atoms with E-state index in [0.717, 1.165) is 0 Å². The molecule has 9 heteroatoms. The van der Waals surface area contributed by atoms with Crippen LogP contribution in [0.4, 0.5) is 15.8 Å². The molecule has 1 aliphatic rings. The molecular weight excluding hydrogens is 407 g/mol. The van der Waals surface area contributed by atoms with E-state index in [9.17, 15) is 19.3 Å². The summed E-state index contributed by atoms with van der Waals surface area (Å²) in [5.74, 6) is 0.459. The van der Waals surface area contributed by atoms with Gasteiger partial charge in [0, 0.05) is 29.4 Å². The van der Waals surface area contributed by atoms with Gasteiger partial charge >= 0.3 is 0 Å². The average Bonchev–Trinajstić information content (AvgIpc) is 2.77. The third-order valence-electron chi connectivity index (χ3n) is 4.49. The van der Waals surface area contributed by atoms with E-state index in [1.165, 1.54) is 36.4 Å². The minimum Gasteiger partial charge on any atom is -0.489 e. The number of anilines is 1. The van der Waals surface area contributed by atoms with Crippen LogP contribution < -0.4 is 19.5 Å². The summed E-state index contributed by atoms with van der Waals surface area (Å²) in [5.41, 5.74) is 0.683. The van der Waals surface area contributed by atoms with Crippen LogP contribution in [0, 0.1) is 15.9 Å². The van der Waals surface area contributed by atoms with Gasteiger partial charge in [-0.15, -0.1) is 0 Å². The van der Waals surface area contributed by atoms with Crippen LogP contribution in [0.3, 0.4) is 0 Å². The zero-order valence-corrected chi connectivity index (χ0v) is 16.1. The van der Waals surface area contributed by atoms with Crippen LogP contribution in [0.1, 0.15) is 10.4 Å². The zero-order chi connectivity index (χ0) is 21.8. The maximum atomic E-state index is 13.3. The van der Waals surface area contributed by atoms with Crippen LogP contribution in [0.5, 0.6) is 17.2 Å². The Bertz CT molecular complexity index is 1120. The molecule has 0 saturated heterocycles. The number of carbonyl (C=O) groups excluding carboxylic acids is 1. The van der Waals surface area contributed by atoms with Gasteiger partial charge in [-0.05, 0) is 42.5 Å². The van der Waals surface area contributed by atoms with Gasteiger partial charge in [0.05, 0.1) is 4.92 Å². The molecule has 3 aromatic carbocycles. The second kappa shape index (κ2) is 8.70. The van der Waals surface area contributed by atoms with Crippen molar-refractivity contribution >= 4 is 17.3 Å². The third kappa shape index (κ3) is 4.89. The number of fused-ring (bicyclic) bond motifs is 1. The van der Waals surface area contributed by atoms with Crippen molar-refractivity contribution in [2.45, 2.75) is 6.10 Å². The fourth-order valence-electron chi connectivity index (χ4n) is 2.95. The lowest BCUT2D eigenvalue weighted by atomic mass is 10.1. The van der Waals surface area contributed by atoms with Crippen molar-refractivity contribution in [1.82, 2.24) is 0 Å². The molecule has 1 amide bonds. The van der Waals surface area contributed by atoms with Gasteiger partial charge in [-0.3, -0.25) is 14.9 Å². The lowest BCUT2D eigenvalue weighted by Gasteiger charge is -2.26. The number of carbonyl (C=O) groups is 1. The molecule has 0 saturated carbocycles. The Labute approximate surface area is 176 Å². The average molecular weight is 424 g/mol. The molecular formula is C22H17FN2O6. The summed E-state index contributed by atoms with van der Waals surface area (Å²) >= 11 is 0. The van der Waals surface area contributed by atoms with Crippen molar-refractivity contribution in [3.63, 3.8) is 0 Å². The van der Waals surface area contributed by atoms with Crippen LogP contribution in [0.2, 0.25) is 0 Å². The SMILES string of the molecule is O=C(Nc1ccc([N+](=O)[O-])cc1)c1ccc2c(c1)OC(COc1cccc(F)c1)CO2. The second-order valence-corrected chi connectivity index (χ2v) is 6.74. The monoisotopic (exact) mass is 424 g/mol. The molecule has 1 atom stereocenters. The highest BCUT2D eigenvalue weighted by atomic mass is 19.1. The third-order valence-corrected chi connectivity index (χ3v) is 4.49. The Hall–Kier alpha value is -4.14. The fraction of sp³-hybridized carbons (Fsp3) is 0.136. The normalized spacial score (nSPS) is 14.5. The Balaban J connectivity index is 1.40. The number of hydrogen-bond acceptors (Lipinski definition) is 6.